The quantitative estimate of drug-likeness (QED) is 0.510. The highest BCUT2D eigenvalue weighted by molar-refractivity contribution is 9.10. The summed E-state index contributed by atoms with van der Waals surface area (Å²) in [5.41, 5.74) is 0.742. The van der Waals surface area contributed by atoms with Crippen molar-refractivity contribution in [2.45, 2.75) is 32.1 Å². The van der Waals surface area contributed by atoms with E-state index in [1.807, 2.05) is 22.7 Å². The molecule has 3 heterocycles. The number of carbonyl (C=O) groups is 2. The molecule has 1 saturated heterocycles. The number of pyridine rings is 1. The smallest absolute Gasteiger partial charge is 0.334 e. The third kappa shape index (κ3) is 4.16. The molecule has 0 aliphatic carbocycles. The molecule has 9 heteroatoms. The molecule has 0 unspecified atom stereocenters. The maximum atomic E-state index is 12.9. The van der Waals surface area contributed by atoms with Gasteiger partial charge in [0, 0.05) is 38.3 Å². The largest absolute Gasteiger partial charge is 0.361 e. The molecule has 0 aromatic carbocycles. The Bertz CT molecular complexity index is 833. The molecule has 0 atom stereocenters. The molecule has 7 nitrogen and oxygen atoms in total. The fourth-order valence-corrected chi connectivity index (χ4v) is 3.80. The van der Waals surface area contributed by atoms with E-state index < -0.39 is 8.07 Å². The number of nitrogens with zero attached hydrogens (tertiary/aromatic N) is 4. The lowest BCUT2D eigenvalue weighted by molar-refractivity contribution is -0.133. The van der Waals surface area contributed by atoms with E-state index in [4.69, 9.17) is 4.74 Å². The molecule has 2 aromatic rings. The number of carbonyl (C=O) groups excluding carboxylic acids is 2. The van der Waals surface area contributed by atoms with Crippen LogP contribution in [0.4, 0.5) is 10.6 Å². The predicted molar refractivity (Wildman–Crippen MR) is 106 cm³/mol. The van der Waals surface area contributed by atoms with E-state index in [9.17, 15) is 9.59 Å². The van der Waals surface area contributed by atoms with Crippen LogP contribution in [0.5, 0.6) is 0 Å². The lowest BCUT2D eigenvalue weighted by Crippen LogP contribution is -2.53. The second kappa shape index (κ2) is 7.49. The average molecular weight is 439 g/mol. The zero-order valence-electron chi connectivity index (χ0n) is 15.2. The van der Waals surface area contributed by atoms with Gasteiger partial charge >= 0.3 is 6.03 Å². The molecule has 0 bridgehead atoms. The van der Waals surface area contributed by atoms with Crippen molar-refractivity contribution in [2.75, 3.05) is 24.8 Å². The SMILES string of the molecule is C[Si](C)(C)CCOCN1C(=O)CCN(c2cnc3ccc(Br)cn23)C1=O. The molecule has 1 aliphatic rings. The van der Waals surface area contributed by atoms with Crippen LogP contribution in [0.3, 0.4) is 0 Å². The monoisotopic (exact) mass is 438 g/mol. The molecule has 3 amide bonds. The van der Waals surface area contributed by atoms with Crippen LogP contribution in [-0.4, -0.2) is 54.2 Å². The van der Waals surface area contributed by atoms with Gasteiger partial charge in [-0.3, -0.25) is 14.1 Å². The van der Waals surface area contributed by atoms with E-state index in [1.54, 1.807) is 11.1 Å². The third-order valence-electron chi connectivity index (χ3n) is 4.26. The molecule has 1 aliphatic heterocycles. The van der Waals surface area contributed by atoms with Gasteiger partial charge in [0.05, 0.1) is 6.20 Å². The number of imidazole rings is 1. The van der Waals surface area contributed by atoms with E-state index in [-0.39, 0.29) is 25.1 Å². The van der Waals surface area contributed by atoms with Crippen molar-refractivity contribution in [3.8, 4) is 0 Å². The zero-order chi connectivity index (χ0) is 18.9. The van der Waals surface area contributed by atoms with Gasteiger partial charge in [-0.1, -0.05) is 19.6 Å². The highest BCUT2D eigenvalue weighted by Gasteiger charge is 2.34. The fraction of sp³-hybridized carbons (Fsp3) is 0.471. The number of ether oxygens (including phenoxy) is 1. The average Bonchev–Trinajstić information content (AvgIpc) is 2.96. The van der Waals surface area contributed by atoms with Crippen LogP contribution >= 0.6 is 15.9 Å². The van der Waals surface area contributed by atoms with Gasteiger partial charge in [0.25, 0.3) is 0 Å². The first-order valence-corrected chi connectivity index (χ1v) is 13.1. The number of hydrogen-bond donors (Lipinski definition) is 0. The van der Waals surface area contributed by atoms with Crippen molar-refractivity contribution in [1.82, 2.24) is 14.3 Å². The van der Waals surface area contributed by atoms with Gasteiger partial charge in [-0.25, -0.2) is 14.7 Å². The first kappa shape index (κ1) is 19.1. The number of anilines is 1. The summed E-state index contributed by atoms with van der Waals surface area (Å²) >= 11 is 3.44. The number of hydrogen-bond acceptors (Lipinski definition) is 4. The lowest BCUT2D eigenvalue weighted by Gasteiger charge is -2.33. The Labute approximate surface area is 162 Å². The standard InChI is InChI=1S/C17H23BrN4O3Si/c1-26(2,3)9-8-25-12-22-16(23)6-7-20(17(22)24)15-10-19-14-5-4-13(18)11-21(14)15/h4-5,10-11H,6-9,12H2,1-3H3. The second-order valence-electron chi connectivity index (χ2n) is 7.55. The molecule has 3 rings (SSSR count). The molecule has 26 heavy (non-hydrogen) atoms. The van der Waals surface area contributed by atoms with Crippen LogP contribution in [0.2, 0.25) is 25.7 Å². The molecule has 1 fully saturated rings. The molecule has 0 spiro atoms. The van der Waals surface area contributed by atoms with Gasteiger partial charge < -0.3 is 4.74 Å². The van der Waals surface area contributed by atoms with Crippen LogP contribution in [0.25, 0.3) is 5.65 Å². The number of fused-ring (bicyclic) bond motifs is 1. The summed E-state index contributed by atoms with van der Waals surface area (Å²) < 4.78 is 8.35. The van der Waals surface area contributed by atoms with E-state index in [0.717, 1.165) is 16.2 Å². The normalized spacial score (nSPS) is 16.0. The van der Waals surface area contributed by atoms with Crippen molar-refractivity contribution in [3.63, 3.8) is 0 Å². The van der Waals surface area contributed by atoms with Crippen LogP contribution in [0.1, 0.15) is 6.42 Å². The Balaban J connectivity index is 1.74. The number of amides is 3. The molecule has 0 N–H and O–H groups in total. The van der Waals surface area contributed by atoms with Gasteiger partial charge in [0.2, 0.25) is 5.91 Å². The Morgan fingerprint density at radius 2 is 2.04 bits per heavy atom. The van der Waals surface area contributed by atoms with Gasteiger partial charge in [0.15, 0.2) is 0 Å². The van der Waals surface area contributed by atoms with E-state index >= 15 is 0 Å². The number of rotatable bonds is 6. The molecule has 140 valence electrons. The van der Waals surface area contributed by atoms with Crippen molar-refractivity contribution >= 4 is 47.4 Å². The molecular formula is C17H23BrN4O3Si. The van der Waals surface area contributed by atoms with Gasteiger partial charge in [-0.05, 0) is 34.1 Å². The molecule has 0 radical (unpaired) electrons. The summed E-state index contributed by atoms with van der Waals surface area (Å²) in [6.45, 7) is 7.69. The van der Waals surface area contributed by atoms with E-state index in [1.165, 1.54) is 4.90 Å². The fourth-order valence-electron chi connectivity index (χ4n) is 2.71. The van der Waals surface area contributed by atoms with E-state index in [2.05, 4.69) is 40.6 Å². The number of aromatic nitrogens is 2. The minimum Gasteiger partial charge on any atom is -0.361 e. The predicted octanol–water partition coefficient (Wildman–Crippen LogP) is 3.57. The van der Waals surface area contributed by atoms with Crippen molar-refractivity contribution in [3.05, 3.63) is 29.0 Å². The summed E-state index contributed by atoms with van der Waals surface area (Å²) in [5, 5.41) is 0. The summed E-state index contributed by atoms with van der Waals surface area (Å²) in [5.74, 6) is 0.445. The summed E-state index contributed by atoms with van der Waals surface area (Å²) in [7, 11) is -1.21. The third-order valence-corrected chi connectivity index (χ3v) is 6.43. The van der Waals surface area contributed by atoms with Crippen molar-refractivity contribution < 1.29 is 14.3 Å². The van der Waals surface area contributed by atoms with Gasteiger partial charge in [0.1, 0.15) is 18.2 Å². The van der Waals surface area contributed by atoms with Gasteiger partial charge in [-0.2, -0.15) is 0 Å². The van der Waals surface area contributed by atoms with Gasteiger partial charge in [-0.15, -0.1) is 0 Å². The van der Waals surface area contributed by atoms with Crippen LogP contribution in [0, 0.1) is 0 Å². The number of halogens is 1. The molecule has 0 saturated carbocycles. The van der Waals surface area contributed by atoms with Crippen molar-refractivity contribution in [1.29, 1.82) is 0 Å². The van der Waals surface area contributed by atoms with Crippen LogP contribution in [0.15, 0.2) is 29.0 Å². The van der Waals surface area contributed by atoms with Crippen molar-refractivity contribution in [2.24, 2.45) is 0 Å². The molecule has 2 aromatic heterocycles. The van der Waals surface area contributed by atoms with E-state index in [0.29, 0.717) is 19.0 Å². The highest BCUT2D eigenvalue weighted by atomic mass is 79.9. The Kier molecular flexibility index (Phi) is 5.49. The maximum absolute atomic E-state index is 12.9. The Hall–Kier alpha value is -1.71. The Morgan fingerprint density at radius 1 is 1.27 bits per heavy atom. The molecular weight excluding hydrogens is 416 g/mol. The Morgan fingerprint density at radius 3 is 2.77 bits per heavy atom. The first-order chi connectivity index (χ1) is 12.3. The minimum absolute atomic E-state index is 0.000915. The second-order valence-corrected chi connectivity index (χ2v) is 14.1. The lowest BCUT2D eigenvalue weighted by atomic mass is 10.3. The first-order valence-electron chi connectivity index (χ1n) is 8.58. The number of imide groups is 1. The summed E-state index contributed by atoms with van der Waals surface area (Å²) in [6, 6.07) is 4.39. The van der Waals surface area contributed by atoms with Crippen LogP contribution < -0.4 is 4.90 Å². The summed E-state index contributed by atoms with van der Waals surface area (Å²) in [4.78, 5) is 32.2. The minimum atomic E-state index is -1.21. The highest BCUT2D eigenvalue weighted by Crippen LogP contribution is 2.24. The number of urea groups is 1. The van der Waals surface area contributed by atoms with Crippen LogP contribution in [-0.2, 0) is 9.53 Å². The maximum Gasteiger partial charge on any atom is 0.334 e. The summed E-state index contributed by atoms with van der Waals surface area (Å²) in [6.07, 6.45) is 3.78. The topological polar surface area (TPSA) is 67.2 Å². The zero-order valence-corrected chi connectivity index (χ0v) is 17.8.